The smallest absolute Gasteiger partial charge is 0.254 e. The lowest BCUT2D eigenvalue weighted by atomic mass is 10.1. The first-order valence-electron chi connectivity index (χ1n) is 12.1. The lowest BCUT2D eigenvalue weighted by molar-refractivity contribution is 0.0303. The zero-order chi connectivity index (χ0) is 25.2. The zero-order valence-electron chi connectivity index (χ0n) is 20.1. The monoisotopic (exact) mass is 491 g/mol. The summed E-state index contributed by atoms with van der Waals surface area (Å²) >= 11 is 0. The number of rotatable bonds is 5. The van der Waals surface area contributed by atoms with Crippen molar-refractivity contribution in [3.8, 4) is 28.4 Å². The molecule has 0 unspecified atom stereocenters. The average molecular weight is 492 g/mol. The van der Waals surface area contributed by atoms with E-state index in [4.69, 9.17) is 15.2 Å². The largest absolute Gasteiger partial charge is 0.457 e. The van der Waals surface area contributed by atoms with E-state index in [-0.39, 0.29) is 5.91 Å². The molecule has 6 rings (SSSR count). The highest BCUT2D eigenvalue weighted by Crippen LogP contribution is 2.33. The molecule has 0 aliphatic carbocycles. The van der Waals surface area contributed by atoms with Crippen LogP contribution in [0.2, 0.25) is 0 Å². The van der Waals surface area contributed by atoms with E-state index >= 15 is 0 Å². The van der Waals surface area contributed by atoms with Crippen LogP contribution in [0.1, 0.15) is 10.4 Å². The van der Waals surface area contributed by atoms with Gasteiger partial charge in [-0.1, -0.05) is 18.2 Å². The Kier molecular flexibility index (Phi) is 6.00. The molecule has 0 atom stereocenters. The van der Waals surface area contributed by atoms with E-state index in [1.54, 1.807) is 10.9 Å². The summed E-state index contributed by atoms with van der Waals surface area (Å²) in [7, 11) is 0. The quantitative estimate of drug-likeness (QED) is 0.374. The summed E-state index contributed by atoms with van der Waals surface area (Å²) in [5.41, 5.74) is 10.3. The van der Waals surface area contributed by atoms with E-state index < -0.39 is 0 Å². The lowest BCUT2D eigenvalue weighted by Gasteiger charge is -2.26. The van der Waals surface area contributed by atoms with Gasteiger partial charge in [0.25, 0.3) is 5.91 Å². The molecule has 8 nitrogen and oxygen atoms in total. The van der Waals surface area contributed by atoms with Gasteiger partial charge in [0.05, 0.1) is 35.5 Å². The van der Waals surface area contributed by atoms with Crippen molar-refractivity contribution < 1.29 is 14.3 Å². The number of benzene rings is 3. The van der Waals surface area contributed by atoms with Crippen LogP contribution in [0, 0.1) is 0 Å². The maximum absolute atomic E-state index is 12.8. The van der Waals surface area contributed by atoms with Gasteiger partial charge in [-0.05, 0) is 66.7 Å². The minimum Gasteiger partial charge on any atom is -0.457 e. The van der Waals surface area contributed by atoms with Gasteiger partial charge in [0.1, 0.15) is 11.5 Å². The Balaban J connectivity index is 1.29. The fraction of sp³-hybridized carbons (Fsp3) is 0.138. The summed E-state index contributed by atoms with van der Waals surface area (Å²) in [6.07, 6.45) is 1.75. The van der Waals surface area contributed by atoms with Crippen LogP contribution in [-0.4, -0.2) is 51.9 Å². The van der Waals surface area contributed by atoms with Crippen LogP contribution in [0.5, 0.6) is 11.5 Å². The number of para-hydroxylation sites is 1. The molecule has 3 heterocycles. The van der Waals surface area contributed by atoms with E-state index in [0.29, 0.717) is 37.7 Å². The fourth-order valence-electron chi connectivity index (χ4n) is 4.51. The molecule has 37 heavy (non-hydrogen) atoms. The van der Waals surface area contributed by atoms with Crippen LogP contribution in [-0.2, 0) is 4.74 Å². The molecule has 1 amide bonds. The standard InChI is InChI=1S/C29H25N5O3/c30-28-26-25(34(32-28)22-10-6-21(7-11-22)29(35)33-16-18-36-19-17-33)14-15-31-27(26)20-8-12-24(13-9-20)37-23-4-2-1-3-5-23/h1-15H,16-19H2,(H2,30,32). The number of anilines is 1. The van der Waals surface area contributed by atoms with Crippen molar-refractivity contribution in [3.63, 3.8) is 0 Å². The number of carbonyl (C=O) groups is 1. The van der Waals surface area contributed by atoms with Gasteiger partial charge in [-0.25, -0.2) is 4.68 Å². The van der Waals surface area contributed by atoms with E-state index in [2.05, 4.69) is 10.1 Å². The number of pyridine rings is 1. The number of nitrogen functional groups attached to an aromatic ring is 1. The van der Waals surface area contributed by atoms with Gasteiger partial charge < -0.3 is 20.1 Å². The number of aromatic nitrogens is 3. The molecule has 184 valence electrons. The molecule has 8 heteroatoms. The fourth-order valence-corrected chi connectivity index (χ4v) is 4.51. The van der Waals surface area contributed by atoms with Gasteiger partial charge in [0.2, 0.25) is 0 Å². The average Bonchev–Trinajstić information content (AvgIpc) is 3.31. The number of nitrogens with zero attached hydrogens (tertiary/aromatic N) is 4. The number of hydrogen-bond donors (Lipinski definition) is 1. The van der Waals surface area contributed by atoms with Gasteiger partial charge in [0, 0.05) is 30.4 Å². The lowest BCUT2D eigenvalue weighted by Crippen LogP contribution is -2.40. The Morgan fingerprint density at radius 1 is 0.865 bits per heavy atom. The van der Waals surface area contributed by atoms with Crippen molar-refractivity contribution in [2.45, 2.75) is 0 Å². The number of amides is 1. The first kappa shape index (κ1) is 22.8. The third kappa shape index (κ3) is 4.50. The van der Waals surface area contributed by atoms with Crippen LogP contribution in [0.4, 0.5) is 5.82 Å². The second-order valence-electron chi connectivity index (χ2n) is 8.74. The number of hydrogen-bond acceptors (Lipinski definition) is 6. The molecular weight excluding hydrogens is 466 g/mol. The molecule has 0 bridgehead atoms. The molecule has 1 fully saturated rings. The van der Waals surface area contributed by atoms with Crippen molar-refractivity contribution in [1.29, 1.82) is 0 Å². The van der Waals surface area contributed by atoms with E-state index in [1.807, 2.05) is 89.8 Å². The van der Waals surface area contributed by atoms with Gasteiger partial charge in [-0.3, -0.25) is 9.78 Å². The highest BCUT2D eigenvalue weighted by Gasteiger charge is 2.20. The number of morpholine rings is 1. The van der Waals surface area contributed by atoms with Crippen molar-refractivity contribution in [1.82, 2.24) is 19.7 Å². The van der Waals surface area contributed by atoms with Crippen LogP contribution in [0.25, 0.3) is 27.8 Å². The predicted octanol–water partition coefficient (Wildman–Crippen LogP) is 4.93. The van der Waals surface area contributed by atoms with Crippen LogP contribution in [0.15, 0.2) is 91.1 Å². The molecule has 2 aromatic heterocycles. The van der Waals surface area contributed by atoms with E-state index in [0.717, 1.165) is 39.3 Å². The zero-order valence-corrected chi connectivity index (χ0v) is 20.1. The van der Waals surface area contributed by atoms with Crippen molar-refractivity contribution in [3.05, 3.63) is 96.7 Å². The Labute approximate surface area is 213 Å². The van der Waals surface area contributed by atoms with Crippen molar-refractivity contribution >= 4 is 22.6 Å². The van der Waals surface area contributed by atoms with E-state index in [9.17, 15) is 4.79 Å². The first-order valence-corrected chi connectivity index (χ1v) is 12.1. The Morgan fingerprint density at radius 2 is 1.57 bits per heavy atom. The van der Waals surface area contributed by atoms with Gasteiger partial charge in [-0.15, -0.1) is 5.10 Å². The molecule has 0 radical (unpaired) electrons. The topological polar surface area (TPSA) is 95.5 Å². The molecule has 0 saturated carbocycles. The Hall–Kier alpha value is -4.69. The molecule has 3 aromatic carbocycles. The van der Waals surface area contributed by atoms with Crippen molar-refractivity contribution in [2.24, 2.45) is 0 Å². The minimum absolute atomic E-state index is 0.00543. The highest BCUT2D eigenvalue weighted by atomic mass is 16.5. The predicted molar refractivity (Wildman–Crippen MR) is 142 cm³/mol. The minimum atomic E-state index is 0.00543. The van der Waals surface area contributed by atoms with Crippen LogP contribution >= 0.6 is 0 Å². The summed E-state index contributed by atoms with van der Waals surface area (Å²) in [5, 5.41) is 5.37. The van der Waals surface area contributed by atoms with Crippen LogP contribution in [0.3, 0.4) is 0 Å². The van der Waals surface area contributed by atoms with E-state index in [1.165, 1.54) is 0 Å². The molecular formula is C29H25N5O3. The third-order valence-electron chi connectivity index (χ3n) is 6.38. The summed E-state index contributed by atoms with van der Waals surface area (Å²) in [5.74, 6) is 1.90. The van der Waals surface area contributed by atoms with Gasteiger partial charge in [-0.2, -0.15) is 0 Å². The molecule has 5 aromatic rings. The number of ether oxygens (including phenoxy) is 2. The van der Waals surface area contributed by atoms with Crippen LogP contribution < -0.4 is 10.5 Å². The molecule has 0 spiro atoms. The molecule has 1 aliphatic rings. The number of nitrogens with two attached hydrogens (primary N) is 1. The normalized spacial score (nSPS) is 13.6. The Morgan fingerprint density at radius 3 is 2.30 bits per heavy atom. The summed E-state index contributed by atoms with van der Waals surface area (Å²) < 4.78 is 13.0. The van der Waals surface area contributed by atoms with Crippen molar-refractivity contribution in [2.75, 3.05) is 32.0 Å². The van der Waals surface area contributed by atoms with Gasteiger partial charge >= 0.3 is 0 Å². The Bertz CT molecular complexity index is 1540. The summed E-state index contributed by atoms with van der Waals surface area (Å²) in [6, 6.07) is 26.7. The second kappa shape index (κ2) is 9.75. The first-order chi connectivity index (χ1) is 18.2. The molecule has 1 aliphatic heterocycles. The summed E-state index contributed by atoms with van der Waals surface area (Å²) in [4.78, 5) is 19.2. The third-order valence-corrected chi connectivity index (χ3v) is 6.38. The number of fused-ring (bicyclic) bond motifs is 1. The SMILES string of the molecule is Nc1nn(-c2ccc(C(=O)N3CCOCC3)cc2)c2ccnc(-c3ccc(Oc4ccccc4)cc3)c12. The molecule has 1 saturated heterocycles. The maximum Gasteiger partial charge on any atom is 0.254 e. The summed E-state index contributed by atoms with van der Waals surface area (Å²) in [6.45, 7) is 2.36. The number of carbonyl (C=O) groups excluding carboxylic acids is 1. The second-order valence-corrected chi connectivity index (χ2v) is 8.74. The highest BCUT2D eigenvalue weighted by molar-refractivity contribution is 6.01. The van der Waals surface area contributed by atoms with Gasteiger partial charge in [0.15, 0.2) is 5.82 Å². The molecule has 2 N–H and O–H groups in total. The maximum atomic E-state index is 12.8.